The number of aromatic nitrogens is 1. The summed E-state index contributed by atoms with van der Waals surface area (Å²) in [6.45, 7) is 4.32. The van der Waals surface area contributed by atoms with Gasteiger partial charge in [-0.25, -0.2) is 4.98 Å². The summed E-state index contributed by atoms with van der Waals surface area (Å²) in [5, 5.41) is 1.32. The largest absolute Gasteiger partial charge is 0.245 e. The van der Waals surface area contributed by atoms with E-state index in [2.05, 4.69) is 31.0 Å². The van der Waals surface area contributed by atoms with E-state index in [4.69, 9.17) is 0 Å². The summed E-state index contributed by atoms with van der Waals surface area (Å²) < 4.78 is 0. The molecule has 1 nitrogen and oxygen atoms in total. The van der Waals surface area contributed by atoms with Crippen molar-refractivity contribution in [2.45, 2.75) is 20.3 Å². The highest BCUT2D eigenvalue weighted by Gasteiger charge is 2.02. The molecular formula is C10H11NS. The Hall–Kier alpha value is -0.890. The molecule has 0 aliphatic carbocycles. The van der Waals surface area contributed by atoms with Gasteiger partial charge in [-0.1, -0.05) is 6.92 Å². The van der Waals surface area contributed by atoms with Crippen molar-refractivity contribution in [3.63, 3.8) is 0 Å². The van der Waals surface area contributed by atoms with Gasteiger partial charge in [0.25, 0.3) is 0 Å². The molecule has 2 rings (SSSR count). The van der Waals surface area contributed by atoms with E-state index in [1.165, 1.54) is 20.7 Å². The first-order valence-electron chi connectivity index (χ1n) is 4.15. The number of hydrogen-bond donors (Lipinski definition) is 0. The van der Waals surface area contributed by atoms with Crippen LogP contribution in [0.15, 0.2) is 18.3 Å². The Kier molecular flexibility index (Phi) is 1.85. The SMILES string of the molecule is CCc1cc2c(C)ccnc2s1. The number of aryl methyl sites for hydroxylation is 2. The third-order valence-electron chi connectivity index (χ3n) is 2.05. The zero-order valence-corrected chi connectivity index (χ0v) is 8.11. The maximum absolute atomic E-state index is 4.33. The molecule has 0 amide bonds. The zero-order chi connectivity index (χ0) is 8.55. The molecule has 0 aliphatic rings. The number of hydrogen-bond acceptors (Lipinski definition) is 2. The quantitative estimate of drug-likeness (QED) is 0.652. The molecule has 0 saturated carbocycles. The minimum absolute atomic E-state index is 1.11. The van der Waals surface area contributed by atoms with E-state index in [0.29, 0.717) is 0 Å². The number of nitrogens with zero attached hydrogens (tertiary/aromatic N) is 1. The lowest BCUT2D eigenvalue weighted by Crippen LogP contribution is -1.74. The molecule has 2 heteroatoms. The van der Waals surface area contributed by atoms with Crippen LogP contribution in [0, 0.1) is 6.92 Å². The van der Waals surface area contributed by atoms with Crippen LogP contribution in [0.1, 0.15) is 17.4 Å². The number of rotatable bonds is 1. The van der Waals surface area contributed by atoms with E-state index in [-0.39, 0.29) is 0 Å². The normalized spacial score (nSPS) is 10.8. The van der Waals surface area contributed by atoms with Crippen LogP contribution in [-0.4, -0.2) is 4.98 Å². The predicted molar refractivity (Wildman–Crippen MR) is 53.7 cm³/mol. The highest BCUT2D eigenvalue weighted by molar-refractivity contribution is 7.18. The van der Waals surface area contributed by atoms with Crippen molar-refractivity contribution in [3.8, 4) is 0 Å². The highest BCUT2D eigenvalue weighted by Crippen LogP contribution is 2.25. The van der Waals surface area contributed by atoms with E-state index in [1.54, 1.807) is 11.3 Å². The van der Waals surface area contributed by atoms with Crippen molar-refractivity contribution in [1.29, 1.82) is 0 Å². The lowest BCUT2D eigenvalue weighted by Gasteiger charge is -1.90. The lowest BCUT2D eigenvalue weighted by atomic mass is 10.2. The Morgan fingerprint density at radius 1 is 1.50 bits per heavy atom. The first-order chi connectivity index (χ1) is 5.81. The van der Waals surface area contributed by atoms with Gasteiger partial charge < -0.3 is 0 Å². The van der Waals surface area contributed by atoms with Crippen LogP contribution in [0.4, 0.5) is 0 Å². The van der Waals surface area contributed by atoms with Gasteiger partial charge in [0.05, 0.1) is 0 Å². The summed E-state index contributed by atoms with van der Waals surface area (Å²) >= 11 is 1.80. The second-order valence-corrected chi connectivity index (χ2v) is 4.03. The summed E-state index contributed by atoms with van der Waals surface area (Å²) in [7, 11) is 0. The first-order valence-corrected chi connectivity index (χ1v) is 4.97. The molecule has 0 spiro atoms. The molecule has 2 heterocycles. The molecule has 0 bridgehead atoms. The van der Waals surface area contributed by atoms with E-state index in [9.17, 15) is 0 Å². The zero-order valence-electron chi connectivity index (χ0n) is 7.29. The fourth-order valence-corrected chi connectivity index (χ4v) is 2.30. The Balaban J connectivity index is 2.74. The third-order valence-corrected chi connectivity index (χ3v) is 3.24. The van der Waals surface area contributed by atoms with E-state index in [1.807, 2.05) is 6.20 Å². The van der Waals surface area contributed by atoms with E-state index in [0.717, 1.165) is 6.42 Å². The van der Waals surface area contributed by atoms with Crippen molar-refractivity contribution in [2.75, 3.05) is 0 Å². The molecule has 0 atom stereocenters. The van der Waals surface area contributed by atoms with Gasteiger partial charge in [-0.2, -0.15) is 0 Å². The van der Waals surface area contributed by atoms with Crippen LogP contribution >= 0.6 is 11.3 Å². The summed E-state index contributed by atoms with van der Waals surface area (Å²) in [6, 6.07) is 4.32. The van der Waals surface area contributed by atoms with Crippen molar-refractivity contribution in [2.24, 2.45) is 0 Å². The molecule has 0 aliphatic heterocycles. The maximum Gasteiger partial charge on any atom is 0.123 e. The molecule has 2 aromatic heterocycles. The Labute approximate surface area is 76.1 Å². The van der Waals surface area contributed by atoms with Gasteiger partial charge in [-0.3, -0.25) is 0 Å². The molecule has 0 unspecified atom stereocenters. The average molecular weight is 177 g/mol. The summed E-state index contributed by atoms with van der Waals surface area (Å²) in [5.41, 5.74) is 1.33. The molecular weight excluding hydrogens is 166 g/mol. The number of pyridine rings is 1. The summed E-state index contributed by atoms with van der Waals surface area (Å²) in [4.78, 5) is 6.93. The van der Waals surface area contributed by atoms with Crippen LogP contribution in [0.5, 0.6) is 0 Å². The van der Waals surface area contributed by atoms with Crippen molar-refractivity contribution < 1.29 is 0 Å². The predicted octanol–water partition coefficient (Wildman–Crippen LogP) is 3.17. The Morgan fingerprint density at radius 2 is 2.33 bits per heavy atom. The molecule has 0 fully saturated rings. The summed E-state index contributed by atoms with van der Waals surface area (Å²) in [5.74, 6) is 0. The van der Waals surface area contributed by atoms with Crippen LogP contribution in [0.25, 0.3) is 10.2 Å². The fraction of sp³-hybridized carbons (Fsp3) is 0.300. The summed E-state index contributed by atoms with van der Waals surface area (Å²) in [6.07, 6.45) is 2.99. The maximum atomic E-state index is 4.33. The van der Waals surface area contributed by atoms with Gasteiger partial charge in [0, 0.05) is 16.5 Å². The number of fused-ring (bicyclic) bond motifs is 1. The molecule has 2 aromatic rings. The second-order valence-electron chi connectivity index (χ2n) is 2.91. The smallest absolute Gasteiger partial charge is 0.123 e. The topological polar surface area (TPSA) is 12.9 Å². The van der Waals surface area contributed by atoms with Crippen LogP contribution in [-0.2, 0) is 6.42 Å². The Bertz CT molecular complexity index is 403. The monoisotopic (exact) mass is 177 g/mol. The van der Waals surface area contributed by atoms with Crippen molar-refractivity contribution >= 4 is 21.6 Å². The number of thiophene rings is 1. The molecule has 0 saturated heterocycles. The average Bonchev–Trinajstić information content (AvgIpc) is 2.49. The molecule has 0 aromatic carbocycles. The van der Waals surface area contributed by atoms with Gasteiger partial charge >= 0.3 is 0 Å². The van der Waals surface area contributed by atoms with Gasteiger partial charge in [-0.15, -0.1) is 11.3 Å². The molecule has 62 valence electrons. The van der Waals surface area contributed by atoms with Crippen LogP contribution in [0.3, 0.4) is 0 Å². The van der Waals surface area contributed by atoms with Crippen molar-refractivity contribution in [1.82, 2.24) is 4.98 Å². The van der Waals surface area contributed by atoms with Crippen LogP contribution < -0.4 is 0 Å². The van der Waals surface area contributed by atoms with Gasteiger partial charge in [-0.05, 0) is 31.0 Å². The standard InChI is InChI=1S/C10H11NS/c1-3-8-6-9-7(2)4-5-11-10(9)12-8/h4-6H,3H2,1-2H3. The van der Waals surface area contributed by atoms with E-state index >= 15 is 0 Å². The Morgan fingerprint density at radius 3 is 3.00 bits per heavy atom. The fourth-order valence-electron chi connectivity index (χ4n) is 1.29. The molecule has 12 heavy (non-hydrogen) atoms. The lowest BCUT2D eigenvalue weighted by molar-refractivity contribution is 1.19. The van der Waals surface area contributed by atoms with Gasteiger partial charge in [0.1, 0.15) is 4.83 Å². The molecule has 0 radical (unpaired) electrons. The minimum Gasteiger partial charge on any atom is -0.245 e. The second kappa shape index (κ2) is 2.87. The third kappa shape index (κ3) is 1.12. The molecule has 0 N–H and O–H groups in total. The highest BCUT2D eigenvalue weighted by atomic mass is 32.1. The van der Waals surface area contributed by atoms with Crippen LogP contribution in [0.2, 0.25) is 0 Å². The van der Waals surface area contributed by atoms with Gasteiger partial charge in [0.15, 0.2) is 0 Å². The van der Waals surface area contributed by atoms with Gasteiger partial charge in [0.2, 0.25) is 0 Å². The minimum atomic E-state index is 1.11. The van der Waals surface area contributed by atoms with Crippen molar-refractivity contribution in [3.05, 3.63) is 28.8 Å². The van der Waals surface area contributed by atoms with E-state index < -0.39 is 0 Å². The first kappa shape index (κ1) is 7.74.